The van der Waals surface area contributed by atoms with Crippen LogP contribution in [0.4, 0.5) is 0 Å². The van der Waals surface area contributed by atoms with Crippen molar-refractivity contribution in [3.05, 3.63) is 65.7 Å². The van der Waals surface area contributed by atoms with Crippen LogP contribution in [0.1, 0.15) is 11.1 Å². The maximum Gasteiger partial charge on any atom is 0.119 e. The minimum Gasteiger partial charge on any atom is -0.497 e. The molecule has 2 heteroatoms. The molecule has 0 amide bonds. The van der Waals surface area contributed by atoms with Gasteiger partial charge in [0, 0.05) is 12.1 Å². The van der Waals surface area contributed by atoms with Gasteiger partial charge in [-0.25, -0.2) is 0 Å². The molecule has 0 saturated heterocycles. The standard InChI is InChI=1S/C17H17NO/c1-19-17-11-5-9-16(13-17)14-18-12-6-10-15-7-3-2-4-8-15/h2-5,7-9,11,13,18H,12,14H2,1H3. The van der Waals surface area contributed by atoms with Gasteiger partial charge in [-0.15, -0.1) is 0 Å². The Morgan fingerprint density at radius 1 is 1.05 bits per heavy atom. The largest absolute Gasteiger partial charge is 0.497 e. The average Bonchev–Trinajstić information content (AvgIpc) is 2.48. The van der Waals surface area contributed by atoms with Crippen LogP contribution in [0.2, 0.25) is 0 Å². The van der Waals surface area contributed by atoms with Crippen molar-refractivity contribution < 1.29 is 4.74 Å². The quantitative estimate of drug-likeness (QED) is 0.666. The van der Waals surface area contributed by atoms with Crippen LogP contribution >= 0.6 is 0 Å². The molecular weight excluding hydrogens is 234 g/mol. The van der Waals surface area contributed by atoms with Gasteiger partial charge in [0.05, 0.1) is 13.7 Å². The highest BCUT2D eigenvalue weighted by Crippen LogP contribution is 2.11. The van der Waals surface area contributed by atoms with Crippen LogP contribution in [0.25, 0.3) is 0 Å². The zero-order chi connectivity index (χ0) is 13.3. The summed E-state index contributed by atoms with van der Waals surface area (Å²) in [6.07, 6.45) is 0. The molecule has 0 radical (unpaired) electrons. The van der Waals surface area contributed by atoms with Crippen LogP contribution in [-0.4, -0.2) is 13.7 Å². The second kappa shape index (κ2) is 7.25. The third kappa shape index (κ3) is 4.50. The number of rotatable bonds is 4. The zero-order valence-corrected chi connectivity index (χ0v) is 11.0. The average molecular weight is 251 g/mol. The topological polar surface area (TPSA) is 21.3 Å². The first kappa shape index (κ1) is 13.2. The molecule has 0 saturated carbocycles. The summed E-state index contributed by atoms with van der Waals surface area (Å²) in [7, 11) is 1.68. The molecule has 2 aromatic rings. The molecule has 19 heavy (non-hydrogen) atoms. The summed E-state index contributed by atoms with van der Waals surface area (Å²) < 4.78 is 5.18. The predicted octanol–water partition coefficient (Wildman–Crippen LogP) is 2.84. The van der Waals surface area contributed by atoms with Crippen molar-refractivity contribution >= 4 is 0 Å². The van der Waals surface area contributed by atoms with E-state index >= 15 is 0 Å². The molecule has 2 rings (SSSR count). The molecule has 0 atom stereocenters. The summed E-state index contributed by atoms with van der Waals surface area (Å²) in [6, 6.07) is 18.0. The van der Waals surface area contributed by atoms with Gasteiger partial charge in [-0.2, -0.15) is 0 Å². The van der Waals surface area contributed by atoms with Crippen molar-refractivity contribution in [1.82, 2.24) is 5.32 Å². The Bertz CT molecular complexity index is 567. The van der Waals surface area contributed by atoms with Crippen molar-refractivity contribution in [2.24, 2.45) is 0 Å². The number of methoxy groups -OCH3 is 1. The molecule has 0 aliphatic heterocycles. The fourth-order valence-corrected chi connectivity index (χ4v) is 1.72. The lowest BCUT2D eigenvalue weighted by Gasteiger charge is -2.04. The second-order valence-electron chi connectivity index (χ2n) is 4.12. The van der Waals surface area contributed by atoms with Gasteiger partial charge < -0.3 is 10.1 Å². The van der Waals surface area contributed by atoms with Gasteiger partial charge in [-0.3, -0.25) is 0 Å². The van der Waals surface area contributed by atoms with E-state index in [0.717, 1.165) is 17.9 Å². The monoisotopic (exact) mass is 251 g/mol. The van der Waals surface area contributed by atoms with E-state index in [1.165, 1.54) is 5.56 Å². The maximum atomic E-state index is 5.18. The van der Waals surface area contributed by atoms with Crippen molar-refractivity contribution in [2.45, 2.75) is 6.54 Å². The molecule has 0 spiro atoms. The highest BCUT2D eigenvalue weighted by Gasteiger charge is 1.94. The predicted molar refractivity (Wildman–Crippen MR) is 78.0 cm³/mol. The van der Waals surface area contributed by atoms with Gasteiger partial charge in [0.25, 0.3) is 0 Å². The number of ether oxygens (including phenoxy) is 1. The molecule has 0 aliphatic rings. The highest BCUT2D eigenvalue weighted by atomic mass is 16.5. The number of nitrogens with one attached hydrogen (secondary N) is 1. The summed E-state index contributed by atoms with van der Waals surface area (Å²) in [6.45, 7) is 1.47. The Balaban J connectivity index is 1.79. The molecular formula is C17H17NO. The van der Waals surface area contributed by atoms with Crippen molar-refractivity contribution in [2.75, 3.05) is 13.7 Å². The first-order chi connectivity index (χ1) is 9.38. The highest BCUT2D eigenvalue weighted by molar-refractivity contribution is 5.34. The summed E-state index contributed by atoms with van der Waals surface area (Å²) in [5.41, 5.74) is 2.24. The van der Waals surface area contributed by atoms with Gasteiger partial charge in [0.15, 0.2) is 0 Å². The van der Waals surface area contributed by atoms with E-state index in [2.05, 4.69) is 23.2 Å². The normalized spacial score (nSPS) is 9.53. The Labute approximate surface area is 114 Å². The van der Waals surface area contributed by atoms with E-state index in [1.807, 2.05) is 48.5 Å². The zero-order valence-electron chi connectivity index (χ0n) is 11.0. The lowest BCUT2D eigenvalue weighted by atomic mass is 10.2. The second-order valence-corrected chi connectivity index (χ2v) is 4.12. The lowest BCUT2D eigenvalue weighted by Crippen LogP contribution is -2.13. The van der Waals surface area contributed by atoms with Crippen molar-refractivity contribution in [3.63, 3.8) is 0 Å². The molecule has 1 N–H and O–H groups in total. The smallest absolute Gasteiger partial charge is 0.119 e. The Morgan fingerprint density at radius 3 is 2.68 bits per heavy atom. The van der Waals surface area contributed by atoms with Gasteiger partial charge in [-0.05, 0) is 29.8 Å². The van der Waals surface area contributed by atoms with Gasteiger partial charge in [0.1, 0.15) is 5.75 Å². The summed E-state index contributed by atoms with van der Waals surface area (Å²) in [5, 5.41) is 3.29. The number of hydrogen-bond acceptors (Lipinski definition) is 2. The van der Waals surface area contributed by atoms with Crippen LogP contribution in [0.15, 0.2) is 54.6 Å². The molecule has 0 aliphatic carbocycles. The SMILES string of the molecule is COc1cccc(CNCC#Cc2ccccc2)c1. The van der Waals surface area contributed by atoms with Crippen LogP contribution in [-0.2, 0) is 6.54 Å². The van der Waals surface area contributed by atoms with Crippen LogP contribution in [0.3, 0.4) is 0 Å². The number of hydrogen-bond donors (Lipinski definition) is 1. The molecule has 96 valence electrons. The van der Waals surface area contributed by atoms with Gasteiger partial charge >= 0.3 is 0 Å². The Hall–Kier alpha value is -2.24. The van der Waals surface area contributed by atoms with Crippen LogP contribution < -0.4 is 10.1 Å². The molecule has 0 fully saturated rings. The molecule has 0 bridgehead atoms. The maximum absolute atomic E-state index is 5.18. The third-order valence-electron chi connectivity index (χ3n) is 2.68. The van der Waals surface area contributed by atoms with E-state index in [9.17, 15) is 0 Å². The fraction of sp³-hybridized carbons (Fsp3) is 0.176. The van der Waals surface area contributed by atoms with E-state index in [4.69, 9.17) is 4.74 Å². The Kier molecular flexibility index (Phi) is 5.04. The summed E-state index contributed by atoms with van der Waals surface area (Å²) in [4.78, 5) is 0. The molecule has 0 unspecified atom stereocenters. The van der Waals surface area contributed by atoms with Crippen molar-refractivity contribution in [3.8, 4) is 17.6 Å². The van der Waals surface area contributed by atoms with Crippen molar-refractivity contribution in [1.29, 1.82) is 0 Å². The third-order valence-corrected chi connectivity index (χ3v) is 2.68. The summed E-state index contributed by atoms with van der Waals surface area (Å²) in [5.74, 6) is 7.11. The molecule has 2 nitrogen and oxygen atoms in total. The molecule has 2 aromatic carbocycles. The van der Waals surface area contributed by atoms with E-state index < -0.39 is 0 Å². The van der Waals surface area contributed by atoms with Crippen LogP contribution in [0.5, 0.6) is 5.75 Å². The minimum absolute atomic E-state index is 0.673. The van der Waals surface area contributed by atoms with E-state index in [-0.39, 0.29) is 0 Å². The minimum atomic E-state index is 0.673. The lowest BCUT2D eigenvalue weighted by molar-refractivity contribution is 0.414. The first-order valence-electron chi connectivity index (χ1n) is 6.26. The van der Waals surface area contributed by atoms with Gasteiger partial charge in [0.2, 0.25) is 0 Å². The molecule has 0 aromatic heterocycles. The fourth-order valence-electron chi connectivity index (χ4n) is 1.72. The van der Waals surface area contributed by atoms with Crippen LogP contribution in [0, 0.1) is 11.8 Å². The summed E-state index contributed by atoms with van der Waals surface area (Å²) >= 11 is 0. The van der Waals surface area contributed by atoms with E-state index in [0.29, 0.717) is 6.54 Å². The number of benzene rings is 2. The Morgan fingerprint density at radius 2 is 1.89 bits per heavy atom. The van der Waals surface area contributed by atoms with E-state index in [1.54, 1.807) is 7.11 Å². The van der Waals surface area contributed by atoms with Gasteiger partial charge in [-0.1, -0.05) is 42.2 Å². The molecule has 0 heterocycles. The first-order valence-corrected chi connectivity index (χ1v) is 6.26.